The van der Waals surface area contributed by atoms with E-state index < -0.39 is 0 Å². The van der Waals surface area contributed by atoms with Crippen molar-refractivity contribution in [2.24, 2.45) is 0 Å². The molecule has 338 valence electrons. The number of benzene rings is 14. The van der Waals surface area contributed by atoms with Crippen LogP contribution in [0.2, 0.25) is 0 Å². The van der Waals surface area contributed by atoms with Gasteiger partial charge in [-0.3, -0.25) is 0 Å². The highest BCUT2D eigenvalue weighted by atomic mass is 16.3. The molecule has 0 unspecified atom stereocenters. The van der Waals surface area contributed by atoms with E-state index in [9.17, 15) is 0 Å². The van der Waals surface area contributed by atoms with Gasteiger partial charge in [-0.1, -0.05) is 249 Å². The molecule has 0 spiro atoms. The molecule has 15 aromatic rings. The molecule has 0 atom stereocenters. The molecule has 15 rings (SSSR count). The zero-order chi connectivity index (χ0) is 48.0. The van der Waals surface area contributed by atoms with Crippen LogP contribution < -0.4 is 0 Å². The average molecular weight is 925 g/mol. The normalized spacial score (nSPS) is 11.8. The molecule has 0 bridgehead atoms. The standard InChI is InChI=1S/C72H44O/c1-3-20-45(21-4-1)48-34-17-36-53-51(48)35-18-37-54(53)69-57-28-11-9-26-55(57)68(56-27-10-12-29-58(56)69)47-40-41-64-67(44-47)73-66-39-19-38-65(72(64)66)71-61-32-15-13-30-59(61)70(60-31-14-16-33-62(60)71)63-43-42-49(46-22-5-2-6-23-46)50-24-7-8-25-52(50)63/h1-44H. The first-order valence-electron chi connectivity index (χ1n) is 25.2. The van der Waals surface area contributed by atoms with Gasteiger partial charge in [-0.25, -0.2) is 0 Å². The summed E-state index contributed by atoms with van der Waals surface area (Å²) in [6.45, 7) is 0. The Balaban J connectivity index is 0.928. The van der Waals surface area contributed by atoms with Crippen LogP contribution in [0.25, 0.3) is 153 Å². The third-order valence-electron chi connectivity index (χ3n) is 15.5. The van der Waals surface area contributed by atoms with Gasteiger partial charge in [0.25, 0.3) is 0 Å². The first-order chi connectivity index (χ1) is 36.3. The third kappa shape index (κ3) is 6.36. The summed E-state index contributed by atoms with van der Waals surface area (Å²) in [4.78, 5) is 0. The van der Waals surface area contributed by atoms with Crippen LogP contribution in [0.4, 0.5) is 0 Å². The Morgan fingerprint density at radius 2 is 0.521 bits per heavy atom. The van der Waals surface area contributed by atoms with Crippen LogP contribution in [0.3, 0.4) is 0 Å². The van der Waals surface area contributed by atoms with E-state index >= 15 is 0 Å². The van der Waals surface area contributed by atoms with E-state index in [0.717, 1.165) is 33.1 Å². The Hall–Kier alpha value is -9.56. The Bertz CT molecular complexity index is 4600. The highest BCUT2D eigenvalue weighted by Gasteiger charge is 2.24. The Kier molecular flexibility index (Phi) is 9.33. The number of hydrogen-bond donors (Lipinski definition) is 0. The number of rotatable bonds is 6. The second-order valence-corrected chi connectivity index (χ2v) is 19.3. The smallest absolute Gasteiger partial charge is 0.136 e. The van der Waals surface area contributed by atoms with Gasteiger partial charge in [0.1, 0.15) is 11.2 Å². The van der Waals surface area contributed by atoms with Crippen LogP contribution in [0.5, 0.6) is 0 Å². The van der Waals surface area contributed by atoms with Crippen molar-refractivity contribution in [3.8, 4) is 66.8 Å². The number of furan rings is 1. The van der Waals surface area contributed by atoms with Crippen molar-refractivity contribution >= 4 is 86.6 Å². The second kappa shape index (κ2) is 16.5. The molecule has 73 heavy (non-hydrogen) atoms. The number of fused-ring (bicyclic) bond motifs is 9. The first-order valence-corrected chi connectivity index (χ1v) is 25.2. The maximum absolute atomic E-state index is 7.00. The molecule has 14 aromatic carbocycles. The summed E-state index contributed by atoms with van der Waals surface area (Å²) in [6, 6.07) is 97.8. The minimum Gasteiger partial charge on any atom is -0.456 e. The Morgan fingerprint density at radius 1 is 0.178 bits per heavy atom. The van der Waals surface area contributed by atoms with E-state index in [1.807, 2.05) is 0 Å². The fourth-order valence-electron chi connectivity index (χ4n) is 12.4. The molecule has 1 heteroatoms. The summed E-state index contributed by atoms with van der Waals surface area (Å²) in [5.41, 5.74) is 16.4. The average Bonchev–Trinajstić information content (AvgIpc) is 3.84. The lowest BCUT2D eigenvalue weighted by Gasteiger charge is -2.20. The fraction of sp³-hybridized carbons (Fsp3) is 0. The molecule has 0 saturated carbocycles. The van der Waals surface area contributed by atoms with Gasteiger partial charge in [-0.15, -0.1) is 0 Å². The first kappa shape index (κ1) is 41.2. The van der Waals surface area contributed by atoms with E-state index in [1.165, 1.54) is 120 Å². The third-order valence-corrected chi connectivity index (χ3v) is 15.5. The van der Waals surface area contributed by atoms with Crippen molar-refractivity contribution in [1.29, 1.82) is 0 Å². The van der Waals surface area contributed by atoms with Gasteiger partial charge < -0.3 is 4.42 Å². The van der Waals surface area contributed by atoms with Gasteiger partial charge in [0, 0.05) is 10.8 Å². The molecular weight excluding hydrogens is 881 g/mol. The largest absolute Gasteiger partial charge is 0.456 e. The molecule has 0 amide bonds. The summed E-state index contributed by atoms with van der Waals surface area (Å²) in [7, 11) is 0. The van der Waals surface area contributed by atoms with Crippen LogP contribution in [0.15, 0.2) is 271 Å². The van der Waals surface area contributed by atoms with E-state index in [-0.39, 0.29) is 0 Å². The summed E-state index contributed by atoms with van der Waals surface area (Å²) in [5, 5.41) is 17.0. The van der Waals surface area contributed by atoms with Crippen molar-refractivity contribution < 1.29 is 4.42 Å². The van der Waals surface area contributed by atoms with Crippen molar-refractivity contribution in [3.05, 3.63) is 267 Å². The molecule has 0 radical (unpaired) electrons. The molecule has 0 fully saturated rings. The highest BCUT2D eigenvalue weighted by molar-refractivity contribution is 6.28. The monoisotopic (exact) mass is 924 g/mol. The van der Waals surface area contributed by atoms with E-state index in [4.69, 9.17) is 4.42 Å². The lowest BCUT2D eigenvalue weighted by molar-refractivity contribution is 0.669. The van der Waals surface area contributed by atoms with Crippen LogP contribution in [-0.4, -0.2) is 0 Å². The van der Waals surface area contributed by atoms with Gasteiger partial charge in [-0.05, 0) is 150 Å². The minimum absolute atomic E-state index is 0.870. The molecule has 1 heterocycles. The summed E-state index contributed by atoms with van der Waals surface area (Å²) in [6.07, 6.45) is 0. The summed E-state index contributed by atoms with van der Waals surface area (Å²) >= 11 is 0. The van der Waals surface area contributed by atoms with E-state index in [1.54, 1.807) is 0 Å². The SMILES string of the molecule is c1ccc(-c2cccc3c(-c4c5ccccc5c(-c5ccc6c(c5)oc5cccc(-c7c8ccccc8c(-c8ccc(-c9ccccc9)c9ccccc89)c8ccccc78)c56)c5ccccc45)cccc23)cc1. The van der Waals surface area contributed by atoms with Gasteiger partial charge in [0.05, 0.1) is 0 Å². The minimum atomic E-state index is 0.870. The van der Waals surface area contributed by atoms with Crippen molar-refractivity contribution in [2.45, 2.75) is 0 Å². The molecule has 1 nitrogen and oxygen atoms in total. The zero-order valence-electron chi connectivity index (χ0n) is 39.8. The van der Waals surface area contributed by atoms with Crippen molar-refractivity contribution in [2.75, 3.05) is 0 Å². The summed E-state index contributed by atoms with van der Waals surface area (Å²) in [5.74, 6) is 0. The predicted molar refractivity (Wildman–Crippen MR) is 311 cm³/mol. The quantitative estimate of drug-likeness (QED) is 0.151. The van der Waals surface area contributed by atoms with Gasteiger partial charge >= 0.3 is 0 Å². The van der Waals surface area contributed by atoms with Gasteiger partial charge in [0.2, 0.25) is 0 Å². The molecule has 0 aliphatic rings. The lowest BCUT2D eigenvalue weighted by Crippen LogP contribution is -1.93. The van der Waals surface area contributed by atoms with Gasteiger partial charge in [-0.2, -0.15) is 0 Å². The fourth-order valence-corrected chi connectivity index (χ4v) is 12.4. The maximum Gasteiger partial charge on any atom is 0.136 e. The molecular formula is C72H44O. The lowest BCUT2D eigenvalue weighted by atomic mass is 9.83. The maximum atomic E-state index is 7.00. The molecule has 0 saturated heterocycles. The van der Waals surface area contributed by atoms with Crippen molar-refractivity contribution in [1.82, 2.24) is 0 Å². The van der Waals surface area contributed by atoms with Crippen LogP contribution in [0, 0.1) is 0 Å². The van der Waals surface area contributed by atoms with Crippen LogP contribution in [-0.2, 0) is 0 Å². The second-order valence-electron chi connectivity index (χ2n) is 19.3. The Morgan fingerprint density at radius 3 is 1.03 bits per heavy atom. The highest BCUT2D eigenvalue weighted by Crippen LogP contribution is 2.51. The molecule has 1 aromatic heterocycles. The van der Waals surface area contributed by atoms with Crippen LogP contribution >= 0.6 is 0 Å². The Labute approximate surface area is 422 Å². The number of hydrogen-bond acceptors (Lipinski definition) is 1. The topological polar surface area (TPSA) is 13.1 Å². The van der Waals surface area contributed by atoms with Gasteiger partial charge in [0.15, 0.2) is 0 Å². The predicted octanol–water partition coefficient (Wildman–Crippen LogP) is 20.5. The van der Waals surface area contributed by atoms with E-state index in [0.29, 0.717) is 0 Å². The van der Waals surface area contributed by atoms with Crippen LogP contribution in [0.1, 0.15) is 0 Å². The molecule has 0 aliphatic carbocycles. The summed E-state index contributed by atoms with van der Waals surface area (Å²) < 4.78 is 7.00. The zero-order valence-corrected chi connectivity index (χ0v) is 39.8. The molecule has 0 N–H and O–H groups in total. The van der Waals surface area contributed by atoms with Crippen molar-refractivity contribution in [3.63, 3.8) is 0 Å². The molecule has 0 aliphatic heterocycles. The van der Waals surface area contributed by atoms with E-state index in [2.05, 4.69) is 267 Å².